The minimum Gasteiger partial charge on any atom is -0.481 e. The maximum atomic E-state index is 9.81. The fraction of sp³-hybridized carbons (Fsp3) is 0.526. The highest BCUT2D eigenvalue weighted by molar-refractivity contribution is 5.31. The van der Waals surface area contributed by atoms with E-state index in [0.717, 1.165) is 23.7 Å². The largest absolute Gasteiger partial charge is 0.481 e. The molecule has 0 saturated heterocycles. The molecule has 1 aromatic carbocycles. The van der Waals surface area contributed by atoms with E-state index in [2.05, 4.69) is 36.4 Å². The van der Waals surface area contributed by atoms with Gasteiger partial charge in [0.1, 0.15) is 0 Å². The maximum Gasteiger partial charge on any atom is 0.216 e. The highest BCUT2D eigenvalue weighted by Gasteiger charge is 2.30. The molecule has 0 fully saturated rings. The first-order valence-electron chi connectivity index (χ1n) is 8.33. The predicted molar refractivity (Wildman–Crippen MR) is 96.3 cm³/mol. The zero-order chi connectivity index (χ0) is 17.7. The van der Waals surface area contributed by atoms with Crippen molar-refractivity contribution in [1.82, 2.24) is 15.1 Å². The number of nitrogens with one attached hydrogen (secondary N) is 1. The van der Waals surface area contributed by atoms with Crippen molar-refractivity contribution in [3.8, 4) is 5.88 Å². The molecule has 0 amide bonds. The van der Waals surface area contributed by atoms with Crippen LogP contribution in [0.5, 0.6) is 5.88 Å². The first-order valence-corrected chi connectivity index (χ1v) is 8.33. The third-order valence-electron chi connectivity index (χ3n) is 4.69. The Labute approximate surface area is 144 Å². The fourth-order valence-electron chi connectivity index (χ4n) is 3.12. The lowest BCUT2D eigenvalue weighted by atomic mass is 9.75. The van der Waals surface area contributed by atoms with E-state index >= 15 is 0 Å². The number of methoxy groups -OCH3 is 1. The van der Waals surface area contributed by atoms with Gasteiger partial charge in [0.05, 0.1) is 18.4 Å². The van der Waals surface area contributed by atoms with Crippen molar-refractivity contribution in [2.45, 2.75) is 33.2 Å². The quantitative estimate of drug-likeness (QED) is 0.781. The fourth-order valence-corrected chi connectivity index (χ4v) is 3.12. The van der Waals surface area contributed by atoms with Gasteiger partial charge >= 0.3 is 0 Å². The van der Waals surface area contributed by atoms with E-state index in [4.69, 9.17) is 4.74 Å². The second-order valence-electron chi connectivity index (χ2n) is 6.94. The van der Waals surface area contributed by atoms with E-state index in [1.54, 1.807) is 11.8 Å². The summed E-state index contributed by atoms with van der Waals surface area (Å²) in [6.45, 7) is 7.79. The average molecular weight is 331 g/mol. The van der Waals surface area contributed by atoms with Crippen LogP contribution in [0.1, 0.15) is 36.6 Å². The van der Waals surface area contributed by atoms with Gasteiger partial charge in [-0.2, -0.15) is 5.10 Å². The third-order valence-corrected chi connectivity index (χ3v) is 4.69. The van der Waals surface area contributed by atoms with E-state index in [1.807, 2.05) is 32.2 Å². The highest BCUT2D eigenvalue weighted by atomic mass is 16.5. The molecule has 24 heavy (non-hydrogen) atoms. The van der Waals surface area contributed by atoms with Crippen molar-refractivity contribution < 1.29 is 9.84 Å². The standard InChI is InChI=1S/C19H29N3O2/c1-14-16(18(24-5)22(4)21-14)11-20-12-17(19(2,3)13-23)15-9-7-6-8-10-15/h6-10,17,20,23H,11-13H2,1-5H3. The van der Waals surface area contributed by atoms with Crippen LogP contribution < -0.4 is 10.1 Å². The molecule has 2 rings (SSSR count). The molecule has 0 aliphatic carbocycles. The Balaban J connectivity index is 2.12. The molecule has 0 bridgehead atoms. The summed E-state index contributed by atoms with van der Waals surface area (Å²) in [5.41, 5.74) is 3.08. The molecule has 132 valence electrons. The zero-order valence-corrected chi connectivity index (χ0v) is 15.3. The lowest BCUT2D eigenvalue weighted by Crippen LogP contribution is -2.34. The topological polar surface area (TPSA) is 59.3 Å². The molecular formula is C19H29N3O2. The molecule has 1 atom stereocenters. The smallest absolute Gasteiger partial charge is 0.216 e. The van der Waals surface area contributed by atoms with Crippen LogP contribution in [0.2, 0.25) is 0 Å². The van der Waals surface area contributed by atoms with Gasteiger partial charge in [-0.1, -0.05) is 44.2 Å². The van der Waals surface area contributed by atoms with Gasteiger partial charge in [-0.05, 0) is 17.9 Å². The Kier molecular flexibility index (Phi) is 6.02. The van der Waals surface area contributed by atoms with Crippen LogP contribution in [0, 0.1) is 12.3 Å². The number of aliphatic hydroxyl groups excluding tert-OH is 1. The van der Waals surface area contributed by atoms with Crippen molar-refractivity contribution in [2.24, 2.45) is 12.5 Å². The summed E-state index contributed by atoms with van der Waals surface area (Å²) >= 11 is 0. The summed E-state index contributed by atoms with van der Waals surface area (Å²) in [6, 6.07) is 10.4. The molecule has 0 aliphatic heterocycles. The number of aryl methyl sites for hydroxylation is 2. The molecule has 0 saturated carbocycles. The second kappa shape index (κ2) is 7.81. The van der Waals surface area contributed by atoms with E-state index in [0.29, 0.717) is 6.54 Å². The van der Waals surface area contributed by atoms with Crippen LogP contribution >= 0.6 is 0 Å². The lowest BCUT2D eigenvalue weighted by molar-refractivity contribution is 0.129. The summed E-state index contributed by atoms with van der Waals surface area (Å²) in [5.74, 6) is 1.00. The molecule has 5 nitrogen and oxygen atoms in total. The van der Waals surface area contributed by atoms with Crippen molar-refractivity contribution in [2.75, 3.05) is 20.3 Å². The van der Waals surface area contributed by atoms with Crippen molar-refractivity contribution in [3.05, 3.63) is 47.2 Å². The molecule has 0 aliphatic rings. The number of ether oxygens (including phenoxy) is 1. The molecule has 1 heterocycles. The summed E-state index contributed by atoms with van der Waals surface area (Å²) < 4.78 is 7.21. The second-order valence-corrected chi connectivity index (χ2v) is 6.94. The van der Waals surface area contributed by atoms with Gasteiger partial charge in [0, 0.05) is 32.7 Å². The number of nitrogens with zero attached hydrogens (tertiary/aromatic N) is 2. The highest BCUT2D eigenvalue weighted by Crippen LogP contribution is 2.34. The summed E-state index contributed by atoms with van der Waals surface area (Å²) in [7, 11) is 3.55. The van der Waals surface area contributed by atoms with Crippen molar-refractivity contribution >= 4 is 0 Å². The number of aromatic nitrogens is 2. The molecule has 1 unspecified atom stereocenters. The minimum atomic E-state index is -0.206. The van der Waals surface area contributed by atoms with Crippen LogP contribution in [-0.4, -0.2) is 35.1 Å². The molecule has 0 spiro atoms. The Morgan fingerprint density at radius 2 is 1.96 bits per heavy atom. The first kappa shape index (κ1) is 18.5. The Morgan fingerprint density at radius 3 is 2.54 bits per heavy atom. The lowest BCUT2D eigenvalue weighted by Gasteiger charge is -2.33. The zero-order valence-electron chi connectivity index (χ0n) is 15.3. The minimum absolute atomic E-state index is 0.142. The van der Waals surface area contributed by atoms with Crippen LogP contribution in [0.25, 0.3) is 0 Å². The van der Waals surface area contributed by atoms with Gasteiger partial charge < -0.3 is 15.2 Å². The molecule has 2 aromatic rings. The van der Waals surface area contributed by atoms with Crippen LogP contribution in [0.3, 0.4) is 0 Å². The maximum absolute atomic E-state index is 9.81. The van der Waals surface area contributed by atoms with E-state index in [9.17, 15) is 5.11 Å². The van der Waals surface area contributed by atoms with Gasteiger partial charge in [-0.25, -0.2) is 4.68 Å². The SMILES string of the molecule is COc1c(CNCC(c2ccccc2)C(C)(C)CO)c(C)nn1C. The Hall–Kier alpha value is -1.85. The Morgan fingerprint density at radius 1 is 1.29 bits per heavy atom. The molecule has 5 heteroatoms. The van der Waals surface area contributed by atoms with Gasteiger partial charge in [-0.3, -0.25) is 0 Å². The summed E-state index contributed by atoms with van der Waals surface area (Å²) in [5, 5.41) is 17.8. The van der Waals surface area contributed by atoms with Gasteiger partial charge in [0.25, 0.3) is 0 Å². The van der Waals surface area contributed by atoms with Crippen molar-refractivity contribution in [3.63, 3.8) is 0 Å². The monoisotopic (exact) mass is 331 g/mol. The first-order chi connectivity index (χ1) is 11.4. The predicted octanol–water partition coefficient (Wildman–Crippen LogP) is 2.63. The molecule has 2 N–H and O–H groups in total. The number of aliphatic hydroxyl groups is 1. The summed E-state index contributed by atoms with van der Waals surface area (Å²) in [4.78, 5) is 0. The van der Waals surface area contributed by atoms with Crippen LogP contribution in [0.4, 0.5) is 0 Å². The molecule has 0 radical (unpaired) electrons. The van der Waals surface area contributed by atoms with Crippen LogP contribution in [-0.2, 0) is 13.6 Å². The number of hydrogen-bond acceptors (Lipinski definition) is 4. The normalized spacial score (nSPS) is 13.1. The van der Waals surface area contributed by atoms with E-state index in [-0.39, 0.29) is 17.9 Å². The average Bonchev–Trinajstić information content (AvgIpc) is 2.85. The Bertz CT molecular complexity index is 650. The summed E-state index contributed by atoms with van der Waals surface area (Å²) in [6.07, 6.45) is 0. The van der Waals surface area contributed by atoms with E-state index < -0.39 is 0 Å². The van der Waals surface area contributed by atoms with Gasteiger partial charge in [-0.15, -0.1) is 0 Å². The molecule has 1 aromatic heterocycles. The number of benzene rings is 1. The molecular weight excluding hydrogens is 302 g/mol. The van der Waals surface area contributed by atoms with Crippen molar-refractivity contribution in [1.29, 1.82) is 0 Å². The number of hydrogen-bond donors (Lipinski definition) is 2. The van der Waals surface area contributed by atoms with Crippen LogP contribution in [0.15, 0.2) is 30.3 Å². The number of rotatable bonds is 8. The third kappa shape index (κ3) is 3.97. The van der Waals surface area contributed by atoms with Gasteiger partial charge in [0.15, 0.2) is 0 Å². The van der Waals surface area contributed by atoms with E-state index in [1.165, 1.54) is 5.56 Å². The van der Waals surface area contributed by atoms with Gasteiger partial charge in [0.2, 0.25) is 5.88 Å².